The number of thioether (sulfide) groups is 1. The molecule has 0 aliphatic carbocycles. The zero-order chi connectivity index (χ0) is 15.5. The van der Waals surface area contributed by atoms with Crippen LogP contribution >= 0.6 is 11.8 Å². The lowest BCUT2D eigenvalue weighted by Gasteiger charge is -2.00. The summed E-state index contributed by atoms with van der Waals surface area (Å²) in [7, 11) is 0. The predicted octanol–water partition coefficient (Wildman–Crippen LogP) is 2.73. The van der Waals surface area contributed by atoms with Crippen molar-refractivity contribution in [2.45, 2.75) is 10.9 Å². The number of halogens is 1. The van der Waals surface area contributed by atoms with E-state index in [2.05, 4.69) is 15.0 Å². The number of nitrogens with zero attached hydrogens (tertiary/aromatic N) is 3. The molecule has 3 aromatic rings. The van der Waals surface area contributed by atoms with E-state index in [1.54, 1.807) is 18.4 Å². The number of benzene rings is 1. The summed E-state index contributed by atoms with van der Waals surface area (Å²) in [5, 5.41) is 0.476. The molecule has 0 aliphatic heterocycles. The summed E-state index contributed by atoms with van der Waals surface area (Å²) in [6.07, 6.45) is 1.54. The second-order valence-corrected chi connectivity index (χ2v) is 5.38. The smallest absolute Gasteiger partial charge is 0.226 e. The summed E-state index contributed by atoms with van der Waals surface area (Å²) in [6.45, 7) is 0. The summed E-state index contributed by atoms with van der Waals surface area (Å²) in [4.78, 5) is 12.5. The third kappa shape index (κ3) is 3.34. The average Bonchev–Trinajstić information content (AvgIpc) is 2.94. The fraction of sp³-hybridized carbons (Fsp3) is 0.0714. The van der Waals surface area contributed by atoms with E-state index in [-0.39, 0.29) is 5.82 Å². The van der Waals surface area contributed by atoms with Crippen LogP contribution in [0.5, 0.6) is 0 Å². The second kappa shape index (κ2) is 6.02. The minimum atomic E-state index is -0.303. The SMILES string of the molecule is Nc1cc(N)nc(SCc2coc(-c3ccc(F)cc3)n2)n1. The Balaban J connectivity index is 1.70. The Morgan fingerprint density at radius 1 is 1.05 bits per heavy atom. The quantitative estimate of drug-likeness (QED) is 0.563. The molecule has 0 radical (unpaired) electrons. The van der Waals surface area contributed by atoms with Gasteiger partial charge in [0.05, 0.1) is 5.69 Å². The lowest BCUT2D eigenvalue weighted by atomic mass is 10.2. The van der Waals surface area contributed by atoms with E-state index in [1.165, 1.54) is 30.0 Å². The summed E-state index contributed by atoms with van der Waals surface area (Å²) < 4.78 is 18.3. The van der Waals surface area contributed by atoms with Crippen molar-refractivity contribution >= 4 is 23.4 Å². The van der Waals surface area contributed by atoms with Gasteiger partial charge >= 0.3 is 0 Å². The van der Waals surface area contributed by atoms with Gasteiger partial charge in [0.1, 0.15) is 23.7 Å². The summed E-state index contributed by atoms with van der Waals surface area (Å²) in [6, 6.07) is 7.43. The largest absolute Gasteiger partial charge is 0.444 e. The van der Waals surface area contributed by atoms with Crippen LogP contribution in [0.1, 0.15) is 5.69 Å². The Kier molecular flexibility index (Phi) is 3.92. The summed E-state index contributed by atoms with van der Waals surface area (Å²) in [5.41, 5.74) is 12.6. The molecular weight excluding hydrogens is 305 g/mol. The zero-order valence-corrected chi connectivity index (χ0v) is 12.2. The Hall–Kier alpha value is -2.61. The number of aromatic nitrogens is 3. The summed E-state index contributed by atoms with van der Waals surface area (Å²) in [5.74, 6) is 1.28. The molecule has 4 N–H and O–H groups in total. The van der Waals surface area contributed by atoms with Gasteiger partial charge in [0.25, 0.3) is 0 Å². The number of nitrogen functional groups attached to an aromatic ring is 2. The molecule has 0 atom stereocenters. The molecule has 22 heavy (non-hydrogen) atoms. The van der Waals surface area contributed by atoms with Gasteiger partial charge in [0.15, 0.2) is 5.16 Å². The van der Waals surface area contributed by atoms with Crippen LogP contribution in [0.2, 0.25) is 0 Å². The predicted molar refractivity (Wildman–Crippen MR) is 82.3 cm³/mol. The van der Waals surface area contributed by atoms with Crippen molar-refractivity contribution < 1.29 is 8.81 Å². The van der Waals surface area contributed by atoms with E-state index in [1.807, 2.05) is 0 Å². The molecule has 6 nitrogen and oxygen atoms in total. The number of hydrogen-bond donors (Lipinski definition) is 2. The van der Waals surface area contributed by atoms with Crippen molar-refractivity contribution in [1.29, 1.82) is 0 Å². The van der Waals surface area contributed by atoms with Crippen LogP contribution in [0.15, 0.2) is 46.2 Å². The van der Waals surface area contributed by atoms with E-state index in [4.69, 9.17) is 15.9 Å². The molecule has 8 heteroatoms. The molecule has 0 unspecified atom stereocenters. The van der Waals surface area contributed by atoms with Gasteiger partial charge in [-0.2, -0.15) is 0 Å². The topological polar surface area (TPSA) is 104 Å². The highest BCUT2D eigenvalue weighted by Gasteiger charge is 2.09. The van der Waals surface area contributed by atoms with Crippen molar-refractivity contribution in [3.8, 4) is 11.5 Å². The summed E-state index contributed by atoms with van der Waals surface area (Å²) >= 11 is 1.35. The molecule has 2 aromatic heterocycles. The van der Waals surface area contributed by atoms with Crippen molar-refractivity contribution in [2.75, 3.05) is 11.5 Å². The van der Waals surface area contributed by atoms with E-state index in [0.29, 0.717) is 39.7 Å². The molecule has 3 rings (SSSR count). The zero-order valence-electron chi connectivity index (χ0n) is 11.4. The molecule has 0 bridgehead atoms. The highest BCUT2D eigenvalue weighted by atomic mass is 32.2. The van der Waals surface area contributed by atoms with E-state index >= 15 is 0 Å². The number of hydrogen-bond acceptors (Lipinski definition) is 7. The Morgan fingerprint density at radius 3 is 2.41 bits per heavy atom. The highest BCUT2D eigenvalue weighted by Crippen LogP contribution is 2.24. The molecule has 0 aliphatic rings. The number of rotatable bonds is 4. The van der Waals surface area contributed by atoms with Crippen LogP contribution < -0.4 is 11.5 Å². The van der Waals surface area contributed by atoms with Gasteiger partial charge in [-0.15, -0.1) is 0 Å². The van der Waals surface area contributed by atoms with E-state index in [9.17, 15) is 4.39 Å². The molecule has 112 valence electrons. The third-order valence-electron chi connectivity index (χ3n) is 2.74. The maximum absolute atomic E-state index is 12.9. The molecule has 0 fully saturated rings. The van der Waals surface area contributed by atoms with Crippen LogP contribution in [0.3, 0.4) is 0 Å². The monoisotopic (exact) mass is 317 g/mol. The molecule has 0 saturated carbocycles. The van der Waals surface area contributed by atoms with Gasteiger partial charge in [-0.3, -0.25) is 0 Å². The Morgan fingerprint density at radius 2 is 1.73 bits per heavy atom. The first kappa shape index (κ1) is 14.3. The third-order valence-corrected chi connectivity index (χ3v) is 3.62. The van der Waals surface area contributed by atoms with E-state index in [0.717, 1.165) is 0 Å². The van der Waals surface area contributed by atoms with Gasteiger partial charge in [0.2, 0.25) is 5.89 Å². The van der Waals surface area contributed by atoms with Gasteiger partial charge < -0.3 is 15.9 Å². The number of anilines is 2. The fourth-order valence-corrected chi connectivity index (χ4v) is 2.51. The molecule has 1 aromatic carbocycles. The average molecular weight is 317 g/mol. The molecule has 2 heterocycles. The van der Waals surface area contributed by atoms with Crippen molar-refractivity contribution in [2.24, 2.45) is 0 Å². The highest BCUT2D eigenvalue weighted by molar-refractivity contribution is 7.98. The minimum absolute atomic E-state index is 0.303. The van der Waals surface area contributed by atoms with Gasteiger partial charge in [0, 0.05) is 17.4 Å². The van der Waals surface area contributed by atoms with Gasteiger partial charge in [-0.1, -0.05) is 11.8 Å². The van der Waals surface area contributed by atoms with Crippen LogP contribution in [0.4, 0.5) is 16.0 Å². The maximum Gasteiger partial charge on any atom is 0.226 e. The van der Waals surface area contributed by atoms with Crippen molar-refractivity contribution in [3.63, 3.8) is 0 Å². The first-order chi connectivity index (χ1) is 10.6. The Labute approximate surface area is 129 Å². The van der Waals surface area contributed by atoms with Gasteiger partial charge in [-0.25, -0.2) is 19.3 Å². The lowest BCUT2D eigenvalue weighted by Crippen LogP contribution is -1.99. The standard InChI is InChI=1S/C14H12FN5OS/c15-9-3-1-8(2-4-9)13-18-10(6-21-13)7-22-14-19-11(16)5-12(17)20-14/h1-6H,7H2,(H4,16,17,19,20). The minimum Gasteiger partial charge on any atom is -0.444 e. The molecule has 0 saturated heterocycles. The number of oxazole rings is 1. The van der Waals surface area contributed by atoms with Crippen LogP contribution in [-0.2, 0) is 5.75 Å². The van der Waals surface area contributed by atoms with Crippen LogP contribution in [0.25, 0.3) is 11.5 Å². The first-order valence-electron chi connectivity index (χ1n) is 6.33. The lowest BCUT2D eigenvalue weighted by molar-refractivity contribution is 0.573. The fourth-order valence-electron chi connectivity index (χ4n) is 1.76. The van der Waals surface area contributed by atoms with Crippen LogP contribution in [-0.4, -0.2) is 15.0 Å². The van der Waals surface area contributed by atoms with E-state index < -0.39 is 0 Å². The molecule has 0 amide bonds. The molecule has 0 spiro atoms. The van der Waals surface area contributed by atoms with Crippen molar-refractivity contribution in [1.82, 2.24) is 15.0 Å². The van der Waals surface area contributed by atoms with Gasteiger partial charge in [-0.05, 0) is 24.3 Å². The normalized spacial score (nSPS) is 10.8. The first-order valence-corrected chi connectivity index (χ1v) is 7.32. The number of nitrogens with two attached hydrogens (primary N) is 2. The maximum atomic E-state index is 12.9. The Bertz CT molecular complexity index is 770. The second-order valence-electron chi connectivity index (χ2n) is 4.44. The van der Waals surface area contributed by atoms with Crippen molar-refractivity contribution in [3.05, 3.63) is 48.1 Å². The molecular formula is C14H12FN5OS. The van der Waals surface area contributed by atoms with Crippen LogP contribution in [0, 0.1) is 5.82 Å².